The van der Waals surface area contributed by atoms with Crippen LogP contribution >= 0.6 is 0 Å². The number of non-ortho nitro benzene ring substituents is 1. The number of nitro benzene ring substituents is 1. The highest BCUT2D eigenvalue weighted by molar-refractivity contribution is 5.41. The normalized spacial score (nSPS) is 20.4. The summed E-state index contributed by atoms with van der Waals surface area (Å²) in [5.74, 6) is 0.681. The number of anilines is 1. The van der Waals surface area contributed by atoms with Crippen LogP contribution < -0.4 is 9.47 Å². The van der Waals surface area contributed by atoms with Gasteiger partial charge in [0.1, 0.15) is 12.7 Å². The lowest BCUT2D eigenvalue weighted by atomic mass is 10.0. The number of aliphatic hydroxyl groups is 1. The van der Waals surface area contributed by atoms with E-state index in [-0.39, 0.29) is 5.69 Å². The first-order valence-corrected chi connectivity index (χ1v) is 6.65. The molecule has 0 saturated carbocycles. The maximum absolute atomic E-state index is 11.1. The molecule has 7 nitrogen and oxygen atoms in total. The van der Waals surface area contributed by atoms with Gasteiger partial charge in [0.25, 0.3) is 5.69 Å². The first-order valence-electron chi connectivity index (χ1n) is 6.65. The van der Waals surface area contributed by atoms with Crippen LogP contribution in [0.25, 0.3) is 0 Å². The van der Waals surface area contributed by atoms with E-state index in [1.54, 1.807) is 29.3 Å². The first kappa shape index (κ1) is 13.4. The molecule has 2 heterocycles. The molecule has 3 rings (SSSR count). The number of rotatable bonds is 3. The molecule has 0 saturated heterocycles. The van der Waals surface area contributed by atoms with Crippen molar-refractivity contribution in [1.82, 2.24) is 4.98 Å². The molecule has 1 N–H and O–H groups in total. The Balaban J connectivity index is 2.03. The topological polar surface area (TPSA) is 83.4 Å². The summed E-state index contributed by atoms with van der Waals surface area (Å²) in [6.45, 7) is 2.84. The highest BCUT2D eigenvalue weighted by Gasteiger charge is 2.50. The van der Waals surface area contributed by atoms with Crippen molar-refractivity contribution >= 4 is 11.6 Å². The molecule has 0 aliphatic carbocycles. The van der Waals surface area contributed by atoms with Gasteiger partial charge in [-0.05, 0) is 19.1 Å². The fourth-order valence-electron chi connectivity index (χ4n) is 2.73. The van der Waals surface area contributed by atoms with Gasteiger partial charge in [-0.2, -0.15) is 0 Å². The van der Waals surface area contributed by atoms with E-state index in [1.807, 2.05) is 17.7 Å². The van der Waals surface area contributed by atoms with Crippen LogP contribution in [0.5, 0.6) is 0 Å². The number of benzene rings is 1. The highest BCUT2D eigenvalue weighted by Crippen LogP contribution is 2.33. The first-order chi connectivity index (χ1) is 10.1. The molecule has 1 unspecified atom stereocenters. The van der Waals surface area contributed by atoms with Crippen LogP contribution in [-0.2, 0) is 12.3 Å². The molecule has 0 radical (unpaired) electrons. The summed E-state index contributed by atoms with van der Waals surface area (Å²) in [6.07, 6.45) is 3.53. The molecule has 21 heavy (non-hydrogen) atoms. The maximum atomic E-state index is 11.1. The molecule has 1 aromatic carbocycles. The molecular weight excluding hydrogens is 272 g/mol. The number of nitro groups is 1. The van der Waals surface area contributed by atoms with Crippen LogP contribution in [0.4, 0.5) is 11.6 Å². The van der Waals surface area contributed by atoms with Crippen molar-refractivity contribution < 1.29 is 14.6 Å². The zero-order valence-electron chi connectivity index (χ0n) is 11.5. The van der Waals surface area contributed by atoms with Crippen molar-refractivity contribution in [3.05, 3.63) is 58.4 Å². The third-order valence-electron chi connectivity index (χ3n) is 3.73. The van der Waals surface area contributed by atoms with Crippen LogP contribution in [0.3, 0.4) is 0 Å². The van der Waals surface area contributed by atoms with Crippen molar-refractivity contribution in [3.63, 3.8) is 0 Å². The molecule has 0 amide bonds. The maximum Gasteiger partial charge on any atom is 0.396 e. The summed E-state index contributed by atoms with van der Waals surface area (Å²) < 4.78 is 1.87. The SMILES string of the molecule is CCN1c2nccc[n+]2CC1(O)c1ccc([N+](=O)[O-])cc1. The van der Waals surface area contributed by atoms with E-state index in [0.29, 0.717) is 24.6 Å². The molecule has 0 fully saturated rings. The summed E-state index contributed by atoms with van der Waals surface area (Å²) in [5, 5.41) is 21.8. The summed E-state index contributed by atoms with van der Waals surface area (Å²) in [4.78, 5) is 16.4. The number of likely N-dealkylation sites (N-methyl/N-ethyl adjacent to an activating group) is 1. The quantitative estimate of drug-likeness (QED) is 0.516. The average molecular weight is 287 g/mol. The monoisotopic (exact) mass is 287 g/mol. The Morgan fingerprint density at radius 2 is 2.19 bits per heavy atom. The number of hydrogen-bond acceptors (Lipinski definition) is 5. The molecule has 7 heteroatoms. The van der Waals surface area contributed by atoms with Gasteiger partial charge in [0.15, 0.2) is 0 Å². The van der Waals surface area contributed by atoms with Gasteiger partial charge >= 0.3 is 5.95 Å². The summed E-state index contributed by atoms with van der Waals surface area (Å²) in [7, 11) is 0. The van der Waals surface area contributed by atoms with E-state index in [2.05, 4.69) is 4.98 Å². The van der Waals surface area contributed by atoms with Crippen molar-refractivity contribution in [2.75, 3.05) is 11.4 Å². The van der Waals surface area contributed by atoms with E-state index in [9.17, 15) is 15.2 Å². The lowest BCUT2D eigenvalue weighted by molar-refractivity contribution is -0.685. The minimum absolute atomic E-state index is 0.00619. The third-order valence-corrected chi connectivity index (χ3v) is 3.73. The summed E-state index contributed by atoms with van der Waals surface area (Å²) in [5.41, 5.74) is -0.627. The Bertz CT molecular complexity index is 689. The predicted octanol–water partition coefficient (Wildman–Crippen LogP) is 0.962. The van der Waals surface area contributed by atoms with Gasteiger partial charge in [-0.1, -0.05) is 4.98 Å². The van der Waals surface area contributed by atoms with Gasteiger partial charge in [-0.15, -0.1) is 0 Å². The summed E-state index contributed by atoms with van der Waals surface area (Å²) in [6, 6.07) is 7.80. The molecule has 108 valence electrons. The lowest BCUT2D eigenvalue weighted by Crippen LogP contribution is -2.45. The Hall–Kier alpha value is -2.54. The van der Waals surface area contributed by atoms with E-state index in [1.165, 1.54) is 12.1 Å². The minimum atomic E-state index is -1.24. The Labute approximate surface area is 121 Å². The molecule has 0 spiro atoms. The Kier molecular flexibility index (Phi) is 3.06. The standard InChI is InChI=1S/C14H15N4O3/c1-2-17-13-15-8-3-9-16(13)10-14(17,19)11-4-6-12(7-5-11)18(20)21/h3-9,19H,2,10H2,1H3/q+1. The fraction of sp³-hybridized carbons (Fsp3) is 0.286. The van der Waals surface area contributed by atoms with Crippen molar-refractivity contribution in [2.24, 2.45) is 0 Å². The fourth-order valence-corrected chi connectivity index (χ4v) is 2.73. The average Bonchev–Trinajstić information content (AvgIpc) is 2.79. The smallest absolute Gasteiger partial charge is 0.353 e. The third kappa shape index (κ3) is 2.02. The Morgan fingerprint density at radius 3 is 2.81 bits per heavy atom. The summed E-state index contributed by atoms with van der Waals surface area (Å²) >= 11 is 0. The van der Waals surface area contributed by atoms with Gasteiger partial charge in [0.05, 0.1) is 17.7 Å². The zero-order chi connectivity index (χ0) is 15.0. The number of nitrogens with zero attached hydrogens (tertiary/aromatic N) is 4. The molecule has 1 aliphatic rings. The molecule has 0 bridgehead atoms. The van der Waals surface area contributed by atoms with Crippen LogP contribution in [0.15, 0.2) is 42.7 Å². The van der Waals surface area contributed by atoms with Gasteiger partial charge in [-0.25, -0.2) is 9.47 Å². The second-order valence-electron chi connectivity index (χ2n) is 4.91. The zero-order valence-corrected chi connectivity index (χ0v) is 11.5. The number of hydrogen-bond donors (Lipinski definition) is 1. The van der Waals surface area contributed by atoms with E-state index < -0.39 is 10.6 Å². The van der Waals surface area contributed by atoms with Gasteiger partial charge in [0.2, 0.25) is 5.72 Å². The second-order valence-corrected chi connectivity index (χ2v) is 4.91. The van der Waals surface area contributed by atoms with Crippen LogP contribution in [0.2, 0.25) is 0 Å². The van der Waals surface area contributed by atoms with Gasteiger partial charge in [0, 0.05) is 23.8 Å². The van der Waals surface area contributed by atoms with Crippen LogP contribution in [-0.4, -0.2) is 21.6 Å². The highest BCUT2D eigenvalue weighted by atomic mass is 16.6. The molecule has 1 aliphatic heterocycles. The lowest BCUT2D eigenvalue weighted by Gasteiger charge is -2.27. The molecular formula is C14H15N4O3+. The van der Waals surface area contributed by atoms with E-state index in [4.69, 9.17) is 0 Å². The van der Waals surface area contributed by atoms with Crippen LogP contribution in [0.1, 0.15) is 12.5 Å². The van der Waals surface area contributed by atoms with Crippen LogP contribution in [0, 0.1) is 10.1 Å². The van der Waals surface area contributed by atoms with E-state index >= 15 is 0 Å². The number of aromatic nitrogens is 2. The number of fused-ring (bicyclic) bond motifs is 1. The molecule has 1 aromatic heterocycles. The van der Waals surface area contributed by atoms with Gasteiger partial charge in [-0.3, -0.25) is 10.1 Å². The minimum Gasteiger partial charge on any atom is -0.353 e. The second kappa shape index (κ2) is 4.78. The predicted molar refractivity (Wildman–Crippen MR) is 74.4 cm³/mol. The van der Waals surface area contributed by atoms with Crippen molar-refractivity contribution in [3.8, 4) is 0 Å². The van der Waals surface area contributed by atoms with Crippen molar-refractivity contribution in [2.45, 2.75) is 19.2 Å². The molecule has 2 aromatic rings. The van der Waals surface area contributed by atoms with Crippen molar-refractivity contribution in [1.29, 1.82) is 0 Å². The van der Waals surface area contributed by atoms with Gasteiger partial charge < -0.3 is 5.11 Å². The molecule has 1 atom stereocenters. The largest absolute Gasteiger partial charge is 0.396 e. The van der Waals surface area contributed by atoms with E-state index in [0.717, 1.165) is 0 Å². The Morgan fingerprint density at radius 1 is 1.48 bits per heavy atom.